The zero-order chi connectivity index (χ0) is 11.6. The van der Waals surface area contributed by atoms with Gasteiger partial charge in [0.2, 0.25) is 0 Å². The summed E-state index contributed by atoms with van der Waals surface area (Å²) in [5, 5.41) is 3.50. The minimum absolute atomic E-state index is 0.172. The first-order valence-electron chi connectivity index (χ1n) is 6.07. The van der Waals surface area contributed by atoms with Crippen LogP contribution in [0.4, 0.5) is 10.1 Å². The Balaban J connectivity index is 1.97. The maximum Gasteiger partial charge on any atom is 0.123 e. The number of halogens is 1. The van der Waals surface area contributed by atoms with Gasteiger partial charge in [0.1, 0.15) is 5.82 Å². The Kier molecular flexibility index (Phi) is 3.17. The third-order valence-electron chi connectivity index (χ3n) is 3.42. The molecule has 1 fully saturated rings. The van der Waals surface area contributed by atoms with Crippen LogP contribution in [0.15, 0.2) is 24.3 Å². The second-order valence-corrected chi connectivity index (χ2v) is 5.61. The summed E-state index contributed by atoms with van der Waals surface area (Å²) in [6, 6.07) is 7.19. The molecule has 16 heavy (non-hydrogen) atoms. The number of hydrogen-bond donors (Lipinski definition) is 1. The molecule has 1 atom stereocenters. The van der Waals surface area contributed by atoms with E-state index in [9.17, 15) is 4.39 Å². The molecule has 0 spiro atoms. The summed E-state index contributed by atoms with van der Waals surface area (Å²) in [6.45, 7) is 4.65. The first-order chi connectivity index (χ1) is 7.55. The first kappa shape index (κ1) is 11.4. The van der Waals surface area contributed by atoms with Crippen molar-refractivity contribution in [1.82, 2.24) is 0 Å². The Labute approximate surface area is 97.1 Å². The van der Waals surface area contributed by atoms with Gasteiger partial charge in [-0.05, 0) is 48.9 Å². The average molecular weight is 221 g/mol. The first-order valence-corrected chi connectivity index (χ1v) is 6.07. The van der Waals surface area contributed by atoms with Crippen LogP contribution in [0.3, 0.4) is 0 Å². The third kappa shape index (κ3) is 2.97. The molecular formula is C14H20FN. The van der Waals surface area contributed by atoms with Crippen LogP contribution in [-0.4, -0.2) is 6.04 Å². The monoisotopic (exact) mass is 221 g/mol. The average Bonchev–Trinajstić information content (AvgIpc) is 2.20. The Bertz CT molecular complexity index is 342. The Morgan fingerprint density at radius 2 is 1.94 bits per heavy atom. The van der Waals surface area contributed by atoms with Gasteiger partial charge in [-0.15, -0.1) is 0 Å². The fourth-order valence-electron chi connectivity index (χ4n) is 2.60. The van der Waals surface area contributed by atoms with Crippen molar-refractivity contribution in [1.29, 1.82) is 0 Å². The summed E-state index contributed by atoms with van der Waals surface area (Å²) in [7, 11) is 0. The molecule has 1 unspecified atom stereocenters. The van der Waals surface area contributed by atoms with Gasteiger partial charge < -0.3 is 5.32 Å². The molecule has 1 aliphatic rings. The number of hydrogen-bond acceptors (Lipinski definition) is 1. The number of benzene rings is 1. The van der Waals surface area contributed by atoms with E-state index in [-0.39, 0.29) is 5.82 Å². The topological polar surface area (TPSA) is 12.0 Å². The largest absolute Gasteiger partial charge is 0.382 e. The van der Waals surface area contributed by atoms with Gasteiger partial charge in [-0.1, -0.05) is 20.3 Å². The van der Waals surface area contributed by atoms with E-state index in [1.807, 2.05) is 12.1 Å². The molecule has 88 valence electrons. The predicted molar refractivity (Wildman–Crippen MR) is 66.1 cm³/mol. The lowest BCUT2D eigenvalue weighted by molar-refractivity contribution is 0.229. The highest BCUT2D eigenvalue weighted by Crippen LogP contribution is 2.36. The summed E-state index contributed by atoms with van der Waals surface area (Å²) in [5.74, 6) is -0.172. The second kappa shape index (κ2) is 4.44. The van der Waals surface area contributed by atoms with Crippen LogP contribution in [0.5, 0.6) is 0 Å². The molecule has 0 saturated heterocycles. The van der Waals surface area contributed by atoms with E-state index in [4.69, 9.17) is 0 Å². The van der Waals surface area contributed by atoms with Gasteiger partial charge in [0, 0.05) is 11.7 Å². The van der Waals surface area contributed by atoms with Crippen LogP contribution in [0, 0.1) is 11.2 Å². The standard InChI is InChI=1S/C14H20FN/c1-14(2)9-3-4-13(10-14)16-12-7-5-11(15)6-8-12/h5-8,13,16H,3-4,9-10H2,1-2H3. The van der Waals surface area contributed by atoms with Crippen molar-refractivity contribution < 1.29 is 4.39 Å². The van der Waals surface area contributed by atoms with Gasteiger partial charge in [-0.2, -0.15) is 0 Å². The van der Waals surface area contributed by atoms with Crippen molar-refractivity contribution in [2.75, 3.05) is 5.32 Å². The van der Waals surface area contributed by atoms with E-state index in [0.717, 1.165) is 5.69 Å². The molecule has 1 nitrogen and oxygen atoms in total. The normalized spacial score (nSPS) is 24.1. The van der Waals surface area contributed by atoms with Crippen molar-refractivity contribution in [3.05, 3.63) is 30.1 Å². The minimum atomic E-state index is -0.172. The molecule has 1 aromatic carbocycles. The van der Waals surface area contributed by atoms with E-state index in [1.165, 1.54) is 37.8 Å². The number of nitrogens with one attached hydrogen (secondary N) is 1. The molecular weight excluding hydrogens is 201 g/mol. The molecule has 2 rings (SSSR count). The Hall–Kier alpha value is -1.05. The molecule has 0 heterocycles. The Morgan fingerprint density at radius 3 is 2.56 bits per heavy atom. The molecule has 0 aromatic heterocycles. The van der Waals surface area contributed by atoms with Crippen LogP contribution >= 0.6 is 0 Å². The van der Waals surface area contributed by atoms with Gasteiger partial charge in [0.15, 0.2) is 0 Å². The summed E-state index contributed by atoms with van der Waals surface area (Å²) < 4.78 is 12.8. The number of anilines is 1. The van der Waals surface area contributed by atoms with Crippen molar-refractivity contribution in [3.8, 4) is 0 Å². The molecule has 0 aliphatic heterocycles. The smallest absolute Gasteiger partial charge is 0.123 e. The van der Waals surface area contributed by atoms with Gasteiger partial charge in [-0.3, -0.25) is 0 Å². The molecule has 1 aliphatic carbocycles. The van der Waals surface area contributed by atoms with Crippen LogP contribution in [0.2, 0.25) is 0 Å². The summed E-state index contributed by atoms with van der Waals surface area (Å²) in [4.78, 5) is 0. The highest BCUT2D eigenvalue weighted by molar-refractivity contribution is 5.43. The summed E-state index contributed by atoms with van der Waals surface area (Å²) in [5.41, 5.74) is 1.47. The van der Waals surface area contributed by atoms with Crippen LogP contribution in [0.25, 0.3) is 0 Å². The van der Waals surface area contributed by atoms with E-state index in [0.29, 0.717) is 11.5 Å². The highest BCUT2D eigenvalue weighted by Gasteiger charge is 2.27. The Morgan fingerprint density at radius 1 is 1.25 bits per heavy atom. The van der Waals surface area contributed by atoms with Crippen molar-refractivity contribution >= 4 is 5.69 Å². The zero-order valence-corrected chi connectivity index (χ0v) is 10.1. The molecule has 0 bridgehead atoms. The van der Waals surface area contributed by atoms with Gasteiger partial charge >= 0.3 is 0 Å². The molecule has 1 saturated carbocycles. The summed E-state index contributed by atoms with van der Waals surface area (Å²) >= 11 is 0. The van der Waals surface area contributed by atoms with Crippen LogP contribution in [-0.2, 0) is 0 Å². The van der Waals surface area contributed by atoms with Gasteiger partial charge in [-0.25, -0.2) is 4.39 Å². The summed E-state index contributed by atoms with van der Waals surface area (Å²) in [6.07, 6.45) is 5.02. The van der Waals surface area contributed by atoms with Crippen LogP contribution < -0.4 is 5.32 Å². The molecule has 1 N–H and O–H groups in total. The van der Waals surface area contributed by atoms with Crippen molar-refractivity contribution in [2.24, 2.45) is 5.41 Å². The fraction of sp³-hybridized carbons (Fsp3) is 0.571. The SMILES string of the molecule is CC1(C)CCCC(Nc2ccc(F)cc2)C1. The van der Waals surface area contributed by atoms with E-state index < -0.39 is 0 Å². The van der Waals surface area contributed by atoms with E-state index in [2.05, 4.69) is 19.2 Å². The maximum absolute atomic E-state index is 12.8. The lowest BCUT2D eigenvalue weighted by atomic mass is 9.75. The van der Waals surface area contributed by atoms with E-state index in [1.54, 1.807) is 0 Å². The van der Waals surface area contributed by atoms with Gasteiger partial charge in [0.05, 0.1) is 0 Å². The van der Waals surface area contributed by atoms with E-state index >= 15 is 0 Å². The van der Waals surface area contributed by atoms with Crippen LogP contribution in [0.1, 0.15) is 39.5 Å². The molecule has 0 radical (unpaired) electrons. The quantitative estimate of drug-likeness (QED) is 0.789. The number of rotatable bonds is 2. The lowest BCUT2D eigenvalue weighted by Gasteiger charge is -2.36. The maximum atomic E-state index is 12.8. The molecule has 1 aromatic rings. The zero-order valence-electron chi connectivity index (χ0n) is 10.1. The fourth-order valence-corrected chi connectivity index (χ4v) is 2.60. The highest BCUT2D eigenvalue weighted by atomic mass is 19.1. The minimum Gasteiger partial charge on any atom is -0.382 e. The molecule has 0 amide bonds. The lowest BCUT2D eigenvalue weighted by Crippen LogP contribution is -2.31. The molecule has 2 heteroatoms. The third-order valence-corrected chi connectivity index (χ3v) is 3.42. The van der Waals surface area contributed by atoms with Crippen molar-refractivity contribution in [3.63, 3.8) is 0 Å². The second-order valence-electron chi connectivity index (χ2n) is 5.61. The predicted octanol–water partition coefficient (Wildman–Crippen LogP) is 4.21. The van der Waals surface area contributed by atoms with Gasteiger partial charge in [0.25, 0.3) is 0 Å². The van der Waals surface area contributed by atoms with Crippen molar-refractivity contribution in [2.45, 2.75) is 45.6 Å².